The Morgan fingerprint density at radius 2 is 1.88 bits per heavy atom. The second-order valence-electron chi connectivity index (χ2n) is 7.75. The fourth-order valence-corrected chi connectivity index (χ4v) is 4.47. The van der Waals surface area contributed by atoms with E-state index in [1.807, 2.05) is 4.90 Å². The van der Waals surface area contributed by atoms with Gasteiger partial charge in [0.15, 0.2) is 0 Å². The Morgan fingerprint density at radius 1 is 1.08 bits per heavy atom. The molecule has 1 atom stereocenters. The van der Waals surface area contributed by atoms with Crippen molar-refractivity contribution in [3.8, 4) is 0 Å². The number of hydrogen-bond donors (Lipinski definition) is 0. The molecule has 142 valence electrons. The monoisotopic (exact) mass is 362 g/mol. The van der Waals surface area contributed by atoms with Crippen molar-refractivity contribution < 1.29 is 13.9 Å². The number of hydrogen-bond acceptors (Lipinski definition) is 5. The van der Waals surface area contributed by atoms with Crippen LogP contribution in [0, 0.1) is 11.2 Å². The molecule has 0 saturated carbocycles. The van der Waals surface area contributed by atoms with Crippen molar-refractivity contribution in [1.82, 2.24) is 19.7 Å². The molecule has 1 aromatic rings. The summed E-state index contributed by atoms with van der Waals surface area (Å²) in [6.07, 6.45) is 4.77. The lowest BCUT2D eigenvalue weighted by Gasteiger charge is -2.29. The number of amides is 1. The first-order chi connectivity index (χ1) is 12.6. The summed E-state index contributed by atoms with van der Waals surface area (Å²) in [7, 11) is 0. The second-order valence-corrected chi connectivity index (χ2v) is 7.75. The largest absolute Gasteiger partial charge is 0.379 e. The van der Waals surface area contributed by atoms with Gasteiger partial charge in [-0.15, -0.1) is 0 Å². The predicted molar refractivity (Wildman–Crippen MR) is 95.0 cm³/mol. The van der Waals surface area contributed by atoms with Gasteiger partial charge in [-0.25, -0.2) is 4.39 Å². The minimum absolute atomic E-state index is 0.230. The standard InChI is InChI=1S/C19H27FN4O2/c20-17-11-16(12-21-13-17)14-23-3-1-19(15-23)2-4-24(18(19)25)6-5-22-7-9-26-10-8-22/h11-13H,1-10,14-15H2. The van der Waals surface area contributed by atoms with Crippen molar-refractivity contribution in [1.29, 1.82) is 0 Å². The van der Waals surface area contributed by atoms with Crippen molar-refractivity contribution in [2.45, 2.75) is 19.4 Å². The van der Waals surface area contributed by atoms with E-state index in [-0.39, 0.29) is 11.2 Å². The molecule has 3 aliphatic heterocycles. The average Bonchev–Trinajstić information content (AvgIpc) is 3.19. The van der Waals surface area contributed by atoms with E-state index in [9.17, 15) is 9.18 Å². The first-order valence-electron chi connectivity index (χ1n) is 9.56. The molecule has 1 amide bonds. The van der Waals surface area contributed by atoms with Crippen LogP contribution in [0.4, 0.5) is 4.39 Å². The number of nitrogens with zero attached hydrogens (tertiary/aromatic N) is 4. The van der Waals surface area contributed by atoms with Crippen LogP contribution in [0.25, 0.3) is 0 Å². The summed E-state index contributed by atoms with van der Waals surface area (Å²) in [5.41, 5.74) is 0.642. The normalized spacial score (nSPS) is 27.7. The van der Waals surface area contributed by atoms with Gasteiger partial charge >= 0.3 is 0 Å². The third kappa shape index (κ3) is 3.75. The summed E-state index contributed by atoms with van der Waals surface area (Å²) in [6, 6.07) is 1.53. The van der Waals surface area contributed by atoms with Gasteiger partial charge in [0, 0.05) is 52.0 Å². The lowest BCUT2D eigenvalue weighted by atomic mass is 9.85. The summed E-state index contributed by atoms with van der Waals surface area (Å²) in [5.74, 6) is 0.00766. The number of halogens is 1. The smallest absolute Gasteiger partial charge is 0.230 e. The van der Waals surface area contributed by atoms with Crippen molar-refractivity contribution in [3.05, 3.63) is 29.8 Å². The molecular weight excluding hydrogens is 335 g/mol. The Balaban J connectivity index is 1.31. The minimum Gasteiger partial charge on any atom is -0.379 e. The topological polar surface area (TPSA) is 48.9 Å². The molecule has 0 aromatic carbocycles. The van der Waals surface area contributed by atoms with E-state index in [2.05, 4.69) is 14.8 Å². The summed E-state index contributed by atoms with van der Waals surface area (Å²) in [4.78, 5) is 23.6. The minimum atomic E-state index is -0.303. The highest BCUT2D eigenvalue weighted by atomic mass is 19.1. The van der Waals surface area contributed by atoms with Crippen LogP contribution >= 0.6 is 0 Å². The van der Waals surface area contributed by atoms with Gasteiger partial charge in [0.05, 0.1) is 24.8 Å². The zero-order valence-corrected chi connectivity index (χ0v) is 15.2. The van der Waals surface area contributed by atoms with E-state index >= 15 is 0 Å². The van der Waals surface area contributed by atoms with Crippen LogP contribution in [-0.2, 0) is 16.1 Å². The molecular formula is C19H27FN4O2. The Hall–Kier alpha value is -1.57. The van der Waals surface area contributed by atoms with Gasteiger partial charge in [0.2, 0.25) is 5.91 Å². The average molecular weight is 362 g/mol. The molecule has 7 heteroatoms. The van der Waals surface area contributed by atoms with Crippen molar-refractivity contribution >= 4 is 5.91 Å². The summed E-state index contributed by atoms with van der Waals surface area (Å²) in [6.45, 7) is 8.44. The van der Waals surface area contributed by atoms with E-state index < -0.39 is 0 Å². The maximum atomic E-state index is 13.3. The zero-order valence-electron chi connectivity index (χ0n) is 15.2. The molecule has 3 saturated heterocycles. The van der Waals surface area contributed by atoms with E-state index in [1.165, 1.54) is 12.3 Å². The van der Waals surface area contributed by atoms with Crippen LogP contribution in [0.5, 0.6) is 0 Å². The number of rotatable bonds is 5. The Kier molecular flexibility index (Phi) is 5.20. The van der Waals surface area contributed by atoms with Crippen molar-refractivity contribution in [2.75, 3.05) is 59.0 Å². The van der Waals surface area contributed by atoms with Crippen LogP contribution in [0.3, 0.4) is 0 Å². The SMILES string of the molecule is O=C1N(CCN2CCOCC2)CCC12CCN(Cc1cncc(F)c1)C2. The molecule has 26 heavy (non-hydrogen) atoms. The third-order valence-corrected chi connectivity index (χ3v) is 5.99. The number of morpholine rings is 1. The summed E-state index contributed by atoms with van der Waals surface area (Å²) in [5, 5.41) is 0. The lowest BCUT2D eigenvalue weighted by Crippen LogP contribution is -2.43. The lowest BCUT2D eigenvalue weighted by molar-refractivity contribution is -0.135. The molecule has 6 nitrogen and oxygen atoms in total. The summed E-state index contributed by atoms with van der Waals surface area (Å²) >= 11 is 0. The quantitative estimate of drug-likeness (QED) is 0.782. The second kappa shape index (κ2) is 7.58. The fraction of sp³-hybridized carbons (Fsp3) is 0.684. The van der Waals surface area contributed by atoms with Gasteiger partial charge in [-0.05, 0) is 31.0 Å². The van der Waals surface area contributed by atoms with Gasteiger partial charge in [-0.2, -0.15) is 0 Å². The maximum absolute atomic E-state index is 13.3. The molecule has 0 radical (unpaired) electrons. The molecule has 3 aliphatic rings. The van der Waals surface area contributed by atoms with Crippen LogP contribution in [-0.4, -0.2) is 84.6 Å². The molecule has 1 aromatic heterocycles. The number of likely N-dealkylation sites (tertiary alicyclic amines) is 2. The van der Waals surface area contributed by atoms with Gasteiger partial charge in [-0.3, -0.25) is 19.6 Å². The van der Waals surface area contributed by atoms with Crippen LogP contribution in [0.15, 0.2) is 18.5 Å². The van der Waals surface area contributed by atoms with E-state index in [4.69, 9.17) is 4.74 Å². The van der Waals surface area contributed by atoms with Crippen LogP contribution in [0.2, 0.25) is 0 Å². The van der Waals surface area contributed by atoms with Crippen LogP contribution < -0.4 is 0 Å². The highest BCUT2D eigenvalue weighted by Crippen LogP contribution is 2.41. The number of carbonyl (C=O) groups is 1. The molecule has 1 spiro atoms. The fourth-order valence-electron chi connectivity index (χ4n) is 4.47. The van der Waals surface area contributed by atoms with Crippen LogP contribution in [0.1, 0.15) is 18.4 Å². The molecule has 0 N–H and O–H groups in total. The van der Waals surface area contributed by atoms with E-state index in [1.54, 1.807) is 6.20 Å². The number of carbonyl (C=O) groups excluding carboxylic acids is 1. The number of pyridine rings is 1. The van der Waals surface area contributed by atoms with Crippen molar-refractivity contribution in [3.63, 3.8) is 0 Å². The van der Waals surface area contributed by atoms with E-state index in [0.29, 0.717) is 12.5 Å². The Morgan fingerprint density at radius 3 is 2.69 bits per heavy atom. The van der Waals surface area contributed by atoms with Gasteiger partial charge in [0.1, 0.15) is 5.82 Å². The first kappa shape index (κ1) is 17.8. The molecule has 3 fully saturated rings. The molecule has 4 heterocycles. The third-order valence-electron chi connectivity index (χ3n) is 5.99. The first-order valence-corrected chi connectivity index (χ1v) is 9.56. The molecule has 0 aliphatic carbocycles. The predicted octanol–water partition coefficient (Wildman–Crippen LogP) is 0.977. The summed E-state index contributed by atoms with van der Waals surface area (Å²) < 4.78 is 18.7. The van der Waals surface area contributed by atoms with Crippen molar-refractivity contribution in [2.24, 2.45) is 5.41 Å². The molecule has 1 unspecified atom stereocenters. The zero-order chi connectivity index (χ0) is 18.0. The van der Waals surface area contributed by atoms with Gasteiger partial charge < -0.3 is 9.64 Å². The van der Waals surface area contributed by atoms with Gasteiger partial charge in [-0.1, -0.05) is 0 Å². The van der Waals surface area contributed by atoms with Gasteiger partial charge in [0.25, 0.3) is 0 Å². The van der Waals surface area contributed by atoms with E-state index in [0.717, 1.165) is 77.4 Å². The Bertz CT molecular complexity index is 652. The highest BCUT2D eigenvalue weighted by Gasteiger charge is 2.50. The molecule has 0 bridgehead atoms. The number of ether oxygens (including phenoxy) is 1. The molecule has 4 rings (SSSR count). The number of aromatic nitrogens is 1. The maximum Gasteiger partial charge on any atom is 0.230 e. The highest BCUT2D eigenvalue weighted by molar-refractivity contribution is 5.85. The Labute approximate surface area is 153 Å².